The topological polar surface area (TPSA) is 47.9 Å². The van der Waals surface area contributed by atoms with E-state index in [1.807, 2.05) is 54.6 Å². The van der Waals surface area contributed by atoms with Gasteiger partial charge in [-0.2, -0.15) is 0 Å². The van der Waals surface area contributed by atoms with Crippen LogP contribution >= 0.6 is 11.6 Å². The summed E-state index contributed by atoms with van der Waals surface area (Å²) >= 11 is 5.93. The Morgan fingerprint density at radius 2 is 1.64 bits per heavy atom. The number of ether oxygens (including phenoxy) is 1. The van der Waals surface area contributed by atoms with Gasteiger partial charge >= 0.3 is 5.97 Å². The molecule has 0 bridgehead atoms. The molecule has 4 nitrogen and oxygen atoms in total. The van der Waals surface area contributed by atoms with Crippen LogP contribution in [0, 0.1) is 0 Å². The third-order valence-electron chi connectivity index (χ3n) is 4.25. The summed E-state index contributed by atoms with van der Waals surface area (Å²) in [7, 11) is 0. The van der Waals surface area contributed by atoms with E-state index in [0.29, 0.717) is 22.9 Å². The number of hydrogen-bond donors (Lipinski definition) is 0. The normalized spacial score (nSPS) is 14.7. The highest BCUT2D eigenvalue weighted by atomic mass is 35.5. The Bertz CT molecular complexity index is 1040. The summed E-state index contributed by atoms with van der Waals surface area (Å²) in [5.74, 6) is 0.279. The summed E-state index contributed by atoms with van der Waals surface area (Å²) in [6.45, 7) is 0.501. The van der Waals surface area contributed by atoms with Gasteiger partial charge in [-0.3, -0.25) is 0 Å². The molecule has 1 heterocycles. The van der Waals surface area contributed by atoms with Gasteiger partial charge in [-0.05, 0) is 41.5 Å². The number of halogens is 1. The van der Waals surface area contributed by atoms with Crippen LogP contribution in [0.2, 0.25) is 5.02 Å². The molecule has 4 rings (SSSR count). The monoisotopic (exact) mass is 389 g/mol. The van der Waals surface area contributed by atoms with Gasteiger partial charge in [0, 0.05) is 10.6 Å². The van der Waals surface area contributed by atoms with E-state index in [9.17, 15) is 4.79 Å². The van der Waals surface area contributed by atoms with Crippen LogP contribution in [0.15, 0.2) is 89.6 Å². The van der Waals surface area contributed by atoms with Gasteiger partial charge in [0.1, 0.15) is 18.1 Å². The Morgan fingerprint density at radius 1 is 0.929 bits per heavy atom. The van der Waals surface area contributed by atoms with E-state index < -0.39 is 5.97 Å². The van der Waals surface area contributed by atoms with Crippen molar-refractivity contribution in [3.8, 4) is 5.75 Å². The third-order valence-corrected chi connectivity index (χ3v) is 4.50. The van der Waals surface area contributed by atoms with Gasteiger partial charge in [0.25, 0.3) is 0 Å². The van der Waals surface area contributed by atoms with Crippen LogP contribution in [0.5, 0.6) is 5.75 Å². The van der Waals surface area contributed by atoms with E-state index in [-0.39, 0.29) is 0 Å². The van der Waals surface area contributed by atoms with Gasteiger partial charge in [-0.15, -0.1) is 0 Å². The van der Waals surface area contributed by atoms with Crippen molar-refractivity contribution in [2.45, 2.75) is 6.61 Å². The van der Waals surface area contributed by atoms with Crippen molar-refractivity contribution in [2.75, 3.05) is 0 Å². The minimum Gasteiger partial charge on any atom is -0.489 e. The first-order valence-corrected chi connectivity index (χ1v) is 9.11. The molecule has 3 aromatic rings. The highest BCUT2D eigenvalue weighted by molar-refractivity contribution is 6.32. The van der Waals surface area contributed by atoms with Gasteiger partial charge in [0.05, 0.1) is 5.57 Å². The zero-order valence-corrected chi connectivity index (χ0v) is 15.6. The Labute approximate surface area is 167 Å². The number of rotatable bonds is 5. The Balaban J connectivity index is 1.50. The highest BCUT2D eigenvalue weighted by Gasteiger charge is 2.26. The van der Waals surface area contributed by atoms with Crippen LogP contribution in [0.3, 0.4) is 0 Å². The SMILES string of the molecule is O=C1ON=C(c2ccc(Cl)cc2)C1=Cc1ccc(OCc2ccccc2)cc1. The molecule has 0 amide bonds. The first kappa shape index (κ1) is 18.0. The molecule has 0 N–H and O–H groups in total. The molecule has 1 aliphatic heterocycles. The van der Waals surface area contributed by atoms with E-state index in [1.165, 1.54) is 0 Å². The van der Waals surface area contributed by atoms with Crippen molar-refractivity contribution in [1.29, 1.82) is 0 Å². The molecule has 138 valence electrons. The summed E-state index contributed by atoms with van der Waals surface area (Å²) in [6, 6.07) is 24.6. The van der Waals surface area contributed by atoms with Crippen molar-refractivity contribution in [3.63, 3.8) is 0 Å². The number of benzene rings is 3. The smallest absolute Gasteiger partial charge is 0.368 e. The van der Waals surface area contributed by atoms with E-state index in [4.69, 9.17) is 21.2 Å². The standard InChI is InChI=1S/C23H16ClNO3/c24-19-10-8-18(9-11-19)22-21(23(26)28-25-22)14-16-6-12-20(13-7-16)27-15-17-4-2-1-3-5-17/h1-14H,15H2. The number of nitrogens with zero attached hydrogens (tertiary/aromatic N) is 1. The van der Waals surface area contributed by atoms with Crippen LogP contribution in [-0.2, 0) is 16.2 Å². The van der Waals surface area contributed by atoms with E-state index >= 15 is 0 Å². The maximum atomic E-state index is 12.1. The maximum Gasteiger partial charge on any atom is 0.368 e. The molecule has 3 aromatic carbocycles. The number of carbonyl (C=O) groups excluding carboxylic acids is 1. The molecule has 0 radical (unpaired) electrons. The molecule has 28 heavy (non-hydrogen) atoms. The zero-order chi connectivity index (χ0) is 19.3. The summed E-state index contributed by atoms with van der Waals surface area (Å²) in [6.07, 6.45) is 1.75. The van der Waals surface area contributed by atoms with E-state index in [0.717, 1.165) is 22.4 Å². The van der Waals surface area contributed by atoms with E-state index in [1.54, 1.807) is 30.3 Å². The fourth-order valence-corrected chi connectivity index (χ4v) is 2.92. The summed E-state index contributed by atoms with van der Waals surface area (Å²) in [5, 5.41) is 4.52. The lowest BCUT2D eigenvalue weighted by Crippen LogP contribution is -2.06. The molecular formula is C23H16ClNO3. The molecule has 0 saturated carbocycles. The van der Waals surface area contributed by atoms with Gasteiger partial charge in [0.2, 0.25) is 0 Å². The van der Waals surface area contributed by atoms with Crippen molar-refractivity contribution >= 4 is 29.4 Å². The number of carbonyl (C=O) groups is 1. The van der Waals surface area contributed by atoms with Gasteiger partial charge < -0.3 is 9.57 Å². The van der Waals surface area contributed by atoms with Crippen LogP contribution in [0.4, 0.5) is 0 Å². The molecule has 0 aliphatic carbocycles. The lowest BCUT2D eigenvalue weighted by molar-refractivity contribution is -0.136. The first-order chi connectivity index (χ1) is 13.7. The minimum atomic E-state index is -0.477. The Hall–Kier alpha value is -3.37. The minimum absolute atomic E-state index is 0.403. The van der Waals surface area contributed by atoms with Crippen LogP contribution in [-0.4, -0.2) is 11.7 Å². The Kier molecular flexibility index (Phi) is 5.22. The summed E-state index contributed by atoms with van der Waals surface area (Å²) < 4.78 is 5.79. The summed E-state index contributed by atoms with van der Waals surface area (Å²) in [4.78, 5) is 17.0. The van der Waals surface area contributed by atoms with Crippen LogP contribution < -0.4 is 4.74 Å². The van der Waals surface area contributed by atoms with Crippen molar-refractivity contribution < 1.29 is 14.4 Å². The largest absolute Gasteiger partial charge is 0.489 e. The molecule has 0 spiro atoms. The second-order valence-corrected chi connectivity index (χ2v) is 6.66. The van der Waals surface area contributed by atoms with Gasteiger partial charge in [-0.1, -0.05) is 71.4 Å². The molecule has 1 aliphatic rings. The molecule has 0 saturated heterocycles. The summed E-state index contributed by atoms with van der Waals surface area (Å²) in [5.41, 5.74) is 3.62. The molecule has 0 unspecified atom stereocenters. The molecular weight excluding hydrogens is 374 g/mol. The van der Waals surface area contributed by atoms with Crippen LogP contribution in [0.1, 0.15) is 16.7 Å². The number of hydrogen-bond acceptors (Lipinski definition) is 4. The average molecular weight is 390 g/mol. The average Bonchev–Trinajstić information content (AvgIpc) is 3.09. The fourth-order valence-electron chi connectivity index (χ4n) is 2.79. The maximum absolute atomic E-state index is 12.1. The highest BCUT2D eigenvalue weighted by Crippen LogP contribution is 2.23. The van der Waals surface area contributed by atoms with Gasteiger partial charge in [0.15, 0.2) is 0 Å². The van der Waals surface area contributed by atoms with Crippen molar-refractivity contribution in [1.82, 2.24) is 0 Å². The third kappa shape index (κ3) is 4.13. The molecule has 0 fully saturated rings. The van der Waals surface area contributed by atoms with Crippen LogP contribution in [0.25, 0.3) is 6.08 Å². The first-order valence-electron chi connectivity index (χ1n) is 8.73. The fraction of sp³-hybridized carbons (Fsp3) is 0.0435. The van der Waals surface area contributed by atoms with E-state index in [2.05, 4.69) is 5.16 Å². The predicted molar refractivity (Wildman–Crippen MR) is 109 cm³/mol. The second-order valence-electron chi connectivity index (χ2n) is 6.23. The molecule has 0 atom stereocenters. The lowest BCUT2D eigenvalue weighted by atomic mass is 10.0. The second kappa shape index (κ2) is 8.11. The Morgan fingerprint density at radius 3 is 2.36 bits per heavy atom. The van der Waals surface area contributed by atoms with Crippen molar-refractivity contribution in [3.05, 3.63) is 106 Å². The zero-order valence-electron chi connectivity index (χ0n) is 14.8. The van der Waals surface area contributed by atoms with Gasteiger partial charge in [-0.25, -0.2) is 4.79 Å². The number of oxime groups is 1. The molecule has 0 aromatic heterocycles. The van der Waals surface area contributed by atoms with Crippen molar-refractivity contribution in [2.24, 2.45) is 5.16 Å². The lowest BCUT2D eigenvalue weighted by Gasteiger charge is -2.06. The predicted octanol–water partition coefficient (Wildman–Crippen LogP) is 5.26. The molecule has 5 heteroatoms. The quantitative estimate of drug-likeness (QED) is 0.441.